The molecule has 110 valence electrons. The van der Waals surface area contributed by atoms with E-state index in [0.717, 1.165) is 21.9 Å². The second-order valence-corrected chi connectivity index (χ2v) is 4.83. The number of benzene rings is 2. The molecule has 3 rings (SSSR count). The fourth-order valence-electron chi connectivity index (χ4n) is 2.23. The van der Waals surface area contributed by atoms with Gasteiger partial charge in [-0.1, -0.05) is 24.3 Å². The van der Waals surface area contributed by atoms with Gasteiger partial charge in [0.1, 0.15) is 5.75 Å². The molecule has 0 fully saturated rings. The number of ether oxygens (including phenoxy) is 2. The standard InChI is InChI=1S/C18H15NO3/c1-21-18(20)12-22-17-7-6-13-9-14(4-5-15(13)10-17)16-3-2-8-19-11-16/h2-11H,12H2,1H3. The number of fused-ring (bicyclic) bond motifs is 1. The molecule has 1 heterocycles. The van der Waals surface area contributed by atoms with Crippen LogP contribution in [0.4, 0.5) is 0 Å². The second-order valence-electron chi connectivity index (χ2n) is 4.83. The fraction of sp³-hybridized carbons (Fsp3) is 0.111. The third-order valence-electron chi connectivity index (χ3n) is 3.39. The van der Waals surface area contributed by atoms with Crippen molar-refractivity contribution in [1.82, 2.24) is 4.98 Å². The molecule has 3 aromatic rings. The molecule has 1 aromatic heterocycles. The smallest absolute Gasteiger partial charge is 0.343 e. The summed E-state index contributed by atoms with van der Waals surface area (Å²) in [7, 11) is 1.34. The van der Waals surface area contributed by atoms with Crippen LogP contribution in [0.5, 0.6) is 5.75 Å². The normalized spacial score (nSPS) is 10.4. The molecule has 0 aliphatic carbocycles. The first-order valence-electron chi connectivity index (χ1n) is 6.90. The Morgan fingerprint density at radius 1 is 1.05 bits per heavy atom. The van der Waals surface area contributed by atoms with Crippen molar-refractivity contribution in [3.8, 4) is 16.9 Å². The molecule has 0 radical (unpaired) electrons. The summed E-state index contributed by atoms with van der Waals surface area (Å²) in [6.07, 6.45) is 3.60. The van der Waals surface area contributed by atoms with Crippen molar-refractivity contribution < 1.29 is 14.3 Å². The zero-order valence-corrected chi connectivity index (χ0v) is 12.2. The van der Waals surface area contributed by atoms with Crippen LogP contribution in [0.15, 0.2) is 60.9 Å². The van der Waals surface area contributed by atoms with E-state index in [2.05, 4.69) is 15.8 Å². The molecule has 4 heteroatoms. The maximum atomic E-state index is 11.1. The van der Waals surface area contributed by atoms with Crippen molar-refractivity contribution >= 4 is 16.7 Å². The topological polar surface area (TPSA) is 48.4 Å². The Bertz CT molecular complexity index is 800. The van der Waals surface area contributed by atoms with Crippen molar-refractivity contribution in [3.63, 3.8) is 0 Å². The van der Waals surface area contributed by atoms with Crippen LogP contribution in [0.2, 0.25) is 0 Å². The Morgan fingerprint density at radius 3 is 2.64 bits per heavy atom. The number of nitrogens with zero attached hydrogens (tertiary/aromatic N) is 1. The monoisotopic (exact) mass is 293 g/mol. The summed E-state index contributed by atoms with van der Waals surface area (Å²) < 4.78 is 9.95. The van der Waals surface area contributed by atoms with Crippen molar-refractivity contribution in [2.75, 3.05) is 13.7 Å². The molecular formula is C18H15NO3. The molecule has 0 aliphatic heterocycles. The number of carbonyl (C=O) groups is 1. The number of pyridine rings is 1. The van der Waals surface area contributed by atoms with Crippen LogP contribution in [0.1, 0.15) is 0 Å². The average molecular weight is 293 g/mol. The number of aromatic nitrogens is 1. The summed E-state index contributed by atoms with van der Waals surface area (Å²) in [4.78, 5) is 15.2. The zero-order chi connectivity index (χ0) is 15.4. The van der Waals surface area contributed by atoms with E-state index in [9.17, 15) is 4.79 Å². The van der Waals surface area contributed by atoms with Gasteiger partial charge >= 0.3 is 5.97 Å². The minimum Gasteiger partial charge on any atom is -0.482 e. The van der Waals surface area contributed by atoms with Gasteiger partial charge in [0, 0.05) is 18.0 Å². The minimum absolute atomic E-state index is 0.0875. The van der Waals surface area contributed by atoms with Crippen LogP contribution >= 0.6 is 0 Å². The molecule has 0 saturated heterocycles. The second kappa shape index (κ2) is 6.26. The first-order chi connectivity index (χ1) is 10.8. The third kappa shape index (κ3) is 3.06. The number of hydrogen-bond acceptors (Lipinski definition) is 4. The number of rotatable bonds is 4. The lowest BCUT2D eigenvalue weighted by atomic mass is 10.0. The molecule has 22 heavy (non-hydrogen) atoms. The molecule has 4 nitrogen and oxygen atoms in total. The lowest BCUT2D eigenvalue weighted by Crippen LogP contribution is -2.12. The Kier molecular flexibility index (Phi) is 4.01. The van der Waals surface area contributed by atoms with Gasteiger partial charge < -0.3 is 9.47 Å². The van der Waals surface area contributed by atoms with Gasteiger partial charge in [0.2, 0.25) is 0 Å². The predicted octanol–water partition coefficient (Wildman–Crippen LogP) is 3.45. The molecule has 0 saturated carbocycles. The highest BCUT2D eigenvalue weighted by atomic mass is 16.6. The van der Waals surface area contributed by atoms with Gasteiger partial charge in [0.15, 0.2) is 6.61 Å². The molecule has 0 bridgehead atoms. The lowest BCUT2D eigenvalue weighted by Gasteiger charge is -2.07. The van der Waals surface area contributed by atoms with Gasteiger partial charge in [-0.3, -0.25) is 4.98 Å². The van der Waals surface area contributed by atoms with Crippen molar-refractivity contribution in [3.05, 3.63) is 60.9 Å². The summed E-state index contributed by atoms with van der Waals surface area (Å²) in [5.41, 5.74) is 2.19. The summed E-state index contributed by atoms with van der Waals surface area (Å²) in [5.74, 6) is 0.249. The van der Waals surface area contributed by atoms with Gasteiger partial charge in [-0.25, -0.2) is 4.79 Å². The lowest BCUT2D eigenvalue weighted by molar-refractivity contribution is -0.142. The minimum atomic E-state index is -0.396. The van der Waals surface area contributed by atoms with Gasteiger partial charge in [-0.15, -0.1) is 0 Å². The van der Waals surface area contributed by atoms with Crippen molar-refractivity contribution in [2.45, 2.75) is 0 Å². The van der Waals surface area contributed by atoms with Gasteiger partial charge in [-0.2, -0.15) is 0 Å². The average Bonchev–Trinajstić information content (AvgIpc) is 2.59. The molecule has 0 spiro atoms. The molecule has 0 amide bonds. The molecule has 0 aliphatic rings. The maximum Gasteiger partial charge on any atom is 0.343 e. The quantitative estimate of drug-likeness (QED) is 0.691. The Labute approximate surface area is 128 Å². The van der Waals surface area contributed by atoms with E-state index in [0.29, 0.717) is 5.75 Å². The molecule has 0 N–H and O–H groups in total. The number of carbonyl (C=O) groups excluding carboxylic acids is 1. The largest absolute Gasteiger partial charge is 0.482 e. The van der Waals surface area contributed by atoms with Crippen LogP contribution in [0, 0.1) is 0 Å². The predicted molar refractivity (Wildman–Crippen MR) is 84.7 cm³/mol. The first kappa shape index (κ1) is 14.1. The Balaban J connectivity index is 1.87. The number of esters is 1. The van der Waals surface area contributed by atoms with Crippen LogP contribution < -0.4 is 4.74 Å². The SMILES string of the molecule is COC(=O)COc1ccc2cc(-c3cccnc3)ccc2c1. The van der Waals surface area contributed by atoms with Crippen molar-refractivity contribution in [2.24, 2.45) is 0 Å². The van der Waals surface area contributed by atoms with Gasteiger partial charge in [0.05, 0.1) is 7.11 Å². The van der Waals surface area contributed by atoms with Crippen LogP contribution in [0.3, 0.4) is 0 Å². The summed E-state index contributed by atoms with van der Waals surface area (Å²) in [5, 5.41) is 2.15. The van der Waals surface area contributed by atoms with E-state index in [1.807, 2.05) is 48.7 Å². The summed E-state index contributed by atoms with van der Waals surface area (Å²) in [6, 6.07) is 15.9. The van der Waals surface area contributed by atoms with Gasteiger partial charge in [-0.05, 0) is 40.6 Å². The molecule has 2 aromatic carbocycles. The summed E-state index contributed by atoms with van der Waals surface area (Å²) >= 11 is 0. The van der Waals surface area contributed by atoms with E-state index in [1.165, 1.54) is 7.11 Å². The van der Waals surface area contributed by atoms with E-state index in [4.69, 9.17) is 4.74 Å². The Morgan fingerprint density at radius 2 is 1.86 bits per heavy atom. The third-order valence-corrected chi connectivity index (χ3v) is 3.39. The highest BCUT2D eigenvalue weighted by molar-refractivity contribution is 5.88. The maximum absolute atomic E-state index is 11.1. The Hall–Kier alpha value is -2.88. The van der Waals surface area contributed by atoms with E-state index in [-0.39, 0.29) is 6.61 Å². The van der Waals surface area contributed by atoms with Crippen LogP contribution in [-0.4, -0.2) is 24.7 Å². The number of hydrogen-bond donors (Lipinski definition) is 0. The molecule has 0 unspecified atom stereocenters. The molecular weight excluding hydrogens is 278 g/mol. The van der Waals surface area contributed by atoms with Crippen LogP contribution in [0.25, 0.3) is 21.9 Å². The number of methoxy groups -OCH3 is 1. The summed E-state index contributed by atoms with van der Waals surface area (Å²) in [6.45, 7) is -0.0875. The van der Waals surface area contributed by atoms with E-state index in [1.54, 1.807) is 6.20 Å². The zero-order valence-electron chi connectivity index (χ0n) is 12.2. The highest BCUT2D eigenvalue weighted by Crippen LogP contribution is 2.26. The van der Waals surface area contributed by atoms with E-state index >= 15 is 0 Å². The highest BCUT2D eigenvalue weighted by Gasteiger charge is 2.04. The fourth-order valence-corrected chi connectivity index (χ4v) is 2.23. The van der Waals surface area contributed by atoms with E-state index < -0.39 is 5.97 Å². The van der Waals surface area contributed by atoms with Crippen molar-refractivity contribution in [1.29, 1.82) is 0 Å². The molecule has 0 atom stereocenters. The van der Waals surface area contributed by atoms with Crippen LogP contribution in [-0.2, 0) is 9.53 Å². The van der Waals surface area contributed by atoms with Gasteiger partial charge in [0.25, 0.3) is 0 Å². The first-order valence-corrected chi connectivity index (χ1v) is 6.90.